The molecule has 18 heteroatoms. The van der Waals surface area contributed by atoms with E-state index < -0.39 is 36.3 Å². The van der Waals surface area contributed by atoms with E-state index in [4.69, 9.17) is 4.74 Å². The number of anilines is 2. The highest BCUT2D eigenvalue weighted by atomic mass is 19.4. The molecular formula is C29H30F5N9O4. The molecule has 47 heavy (non-hydrogen) atoms. The molecule has 1 aliphatic heterocycles. The van der Waals surface area contributed by atoms with Gasteiger partial charge in [-0.15, -0.1) is 0 Å². The Morgan fingerprint density at radius 2 is 2.02 bits per heavy atom. The fourth-order valence-electron chi connectivity index (χ4n) is 5.33. The fraction of sp³-hybridized carbons (Fsp3) is 0.379. The highest BCUT2D eigenvalue weighted by Gasteiger charge is 2.38. The second-order valence-electron chi connectivity index (χ2n) is 10.6. The number of nitrogens with zero attached hydrogens (tertiary/aromatic N) is 5. The third-order valence-corrected chi connectivity index (χ3v) is 7.50. The Morgan fingerprint density at radius 3 is 2.70 bits per heavy atom. The van der Waals surface area contributed by atoms with Gasteiger partial charge in [-0.2, -0.15) is 18.3 Å². The molecule has 0 radical (unpaired) electrons. The maximum absolute atomic E-state index is 13.8. The number of nitrogens with one attached hydrogen (secondary N) is 4. The second-order valence-corrected chi connectivity index (χ2v) is 10.6. The Morgan fingerprint density at radius 1 is 1.21 bits per heavy atom. The van der Waals surface area contributed by atoms with Crippen molar-refractivity contribution in [2.45, 2.75) is 38.9 Å². The average Bonchev–Trinajstić information content (AvgIpc) is 3.79. The van der Waals surface area contributed by atoms with E-state index in [1.54, 1.807) is 6.92 Å². The lowest BCUT2D eigenvalue weighted by molar-refractivity contribution is -0.141. The number of halogens is 5. The SMILES string of the molecule is CCc1c(C(=O)NCC(=O)NCC2CCNC2)ccc(Nc2nccn3c(-c4cn(CC(F)F)nc4C(F)(F)F)cnc23)c1OC=O. The van der Waals surface area contributed by atoms with E-state index in [1.807, 2.05) is 0 Å². The molecular weight excluding hydrogens is 633 g/mol. The molecule has 1 aromatic carbocycles. The van der Waals surface area contributed by atoms with E-state index in [1.165, 1.54) is 28.9 Å². The van der Waals surface area contributed by atoms with Gasteiger partial charge in [-0.25, -0.2) is 18.7 Å². The van der Waals surface area contributed by atoms with Gasteiger partial charge in [0.05, 0.1) is 29.7 Å². The zero-order chi connectivity index (χ0) is 33.7. The van der Waals surface area contributed by atoms with Crippen LogP contribution in [0.15, 0.2) is 36.9 Å². The smallest absolute Gasteiger partial charge is 0.426 e. The van der Waals surface area contributed by atoms with Gasteiger partial charge in [-0.05, 0) is 44.0 Å². The molecule has 5 rings (SSSR count). The monoisotopic (exact) mass is 663 g/mol. The zero-order valence-electron chi connectivity index (χ0n) is 24.9. The first-order chi connectivity index (χ1) is 22.5. The minimum atomic E-state index is -4.94. The number of aromatic nitrogens is 5. The highest BCUT2D eigenvalue weighted by molar-refractivity contribution is 5.99. The third-order valence-electron chi connectivity index (χ3n) is 7.50. The molecule has 0 aliphatic carbocycles. The van der Waals surface area contributed by atoms with E-state index >= 15 is 0 Å². The lowest BCUT2D eigenvalue weighted by Gasteiger charge is -2.17. The first-order valence-electron chi connectivity index (χ1n) is 14.5. The number of fused-ring (bicyclic) bond motifs is 1. The minimum Gasteiger partial charge on any atom is -0.426 e. The number of ether oxygens (including phenoxy) is 1. The summed E-state index contributed by atoms with van der Waals surface area (Å²) in [5, 5.41) is 14.9. The normalized spacial score (nSPS) is 14.8. The molecule has 4 heterocycles. The van der Waals surface area contributed by atoms with Gasteiger partial charge >= 0.3 is 6.18 Å². The molecule has 1 saturated heterocycles. The number of rotatable bonds is 13. The third kappa shape index (κ3) is 7.48. The molecule has 4 N–H and O–H groups in total. The molecule has 2 amide bonds. The summed E-state index contributed by atoms with van der Waals surface area (Å²) in [4.78, 5) is 45.3. The quantitative estimate of drug-likeness (QED) is 0.125. The maximum atomic E-state index is 13.8. The first-order valence-corrected chi connectivity index (χ1v) is 14.5. The van der Waals surface area contributed by atoms with Crippen molar-refractivity contribution in [3.05, 3.63) is 53.7 Å². The summed E-state index contributed by atoms with van der Waals surface area (Å²) in [5.41, 5.74) is -1.22. The molecule has 1 atom stereocenters. The summed E-state index contributed by atoms with van der Waals surface area (Å²) in [6.45, 7) is 2.79. The van der Waals surface area contributed by atoms with Crippen molar-refractivity contribution in [2.75, 3.05) is 31.5 Å². The molecule has 1 unspecified atom stereocenters. The van der Waals surface area contributed by atoms with Crippen LogP contribution < -0.4 is 26.0 Å². The zero-order valence-corrected chi connectivity index (χ0v) is 24.9. The van der Waals surface area contributed by atoms with Crippen LogP contribution in [0.25, 0.3) is 16.9 Å². The summed E-state index contributed by atoms with van der Waals surface area (Å²) in [6, 6.07) is 2.89. The Kier molecular flexibility index (Phi) is 9.97. The lowest BCUT2D eigenvalue weighted by atomic mass is 10.0. The Bertz CT molecular complexity index is 1770. The van der Waals surface area contributed by atoms with Crippen molar-refractivity contribution < 1.29 is 41.1 Å². The van der Waals surface area contributed by atoms with Crippen LogP contribution in [0.1, 0.15) is 35.0 Å². The molecule has 250 valence electrons. The average molecular weight is 664 g/mol. The summed E-state index contributed by atoms with van der Waals surface area (Å²) in [5.74, 6) is -0.582. The van der Waals surface area contributed by atoms with Crippen molar-refractivity contribution in [3.63, 3.8) is 0 Å². The molecule has 3 aromatic heterocycles. The first kappa shape index (κ1) is 33.2. The predicted molar refractivity (Wildman–Crippen MR) is 157 cm³/mol. The standard InChI is InChI=1S/C29H30F5N9O4/c1-2-17-18(28(46)39-12-23(45)37-10-16-5-6-35-9-16)3-4-20(24(17)47-15-44)40-26-27-38-11-21(43(27)8-7-36-26)19-13-42(14-22(30)31)41-25(19)29(32,33)34/h3-4,7-8,11,13,15-16,22,35H,2,5-6,9-10,12,14H2,1H3,(H,36,40)(H,37,45)(H,39,46). The van der Waals surface area contributed by atoms with Gasteiger partial charge in [0.15, 0.2) is 22.9 Å². The van der Waals surface area contributed by atoms with Crippen LogP contribution in [-0.2, 0) is 28.7 Å². The van der Waals surface area contributed by atoms with Crippen LogP contribution in [0, 0.1) is 5.92 Å². The van der Waals surface area contributed by atoms with E-state index in [9.17, 15) is 36.3 Å². The van der Waals surface area contributed by atoms with Gasteiger partial charge in [0.25, 0.3) is 18.8 Å². The van der Waals surface area contributed by atoms with Crippen LogP contribution in [0.4, 0.5) is 33.5 Å². The Labute approximate surface area is 263 Å². The summed E-state index contributed by atoms with van der Waals surface area (Å²) in [7, 11) is 0. The van der Waals surface area contributed by atoms with Crippen molar-refractivity contribution in [3.8, 4) is 17.0 Å². The summed E-state index contributed by atoms with van der Waals surface area (Å²) in [6.07, 6.45) is -2.09. The van der Waals surface area contributed by atoms with Crippen LogP contribution in [0.5, 0.6) is 5.75 Å². The topological polar surface area (TPSA) is 157 Å². The largest absolute Gasteiger partial charge is 0.435 e. The van der Waals surface area contributed by atoms with E-state index in [2.05, 4.69) is 36.3 Å². The number of carbonyl (C=O) groups is 3. The molecule has 0 bridgehead atoms. The predicted octanol–water partition coefficient (Wildman–Crippen LogP) is 3.17. The van der Waals surface area contributed by atoms with Gasteiger partial charge in [0, 0.05) is 36.3 Å². The molecule has 0 saturated carbocycles. The van der Waals surface area contributed by atoms with Gasteiger partial charge in [-0.3, -0.25) is 23.5 Å². The molecule has 13 nitrogen and oxygen atoms in total. The number of imidazole rings is 1. The highest BCUT2D eigenvalue weighted by Crippen LogP contribution is 2.38. The van der Waals surface area contributed by atoms with Crippen molar-refractivity contribution in [1.29, 1.82) is 0 Å². The van der Waals surface area contributed by atoms with Gasteiger partial charge in [0.1, 0.15) is 6.54 Å². The number of hydrogen-bond acceptors (Lipinski definition) is 9. The van der Waals surface area contributed by atoms with Crippen molar-refractivity contribution in [1.82, 2.24) is 40.1 Å². The van der Waals surface area contributed by atoms with Crippen LogP contribution in [0.2, 0.25) is 0 Å². The second kappa shape index (κ2) is 14.1. The van der Waals surface area contributed by atoms with Gasteiger partial charge < -0.3 is 26.0 Å². The van der Waals surface area contributed by atoms with E-state index in [0.717, 1.165) is 31.9 Å². The van der Waals surface area contributed by atoms with Crippen molar-refractivity contribution in [2.24, 2.45) is 5.92 Å². The van der Waals surface area contributed by atoms with E-state index in [-0.39, 0.29) is 59.5 Å². The molecule has 1 fully saturated rings. The number of amides is 2. The van der Waals surface area contributed by atoms with Crippen molar-refractivity contribution >= 4 is 35.4 Å². The number of carbonyl (C=O) groups excluding carboxylic acids is 3. The molecule has 4 aromatic rings. The maximum Gasteiger partial charge on any atom is 0.435 e. The van der Waals surface area contributed by atoms with Crippen LogP contribution >= 0.6 is 0 Å². The van der Waals surface area contributed by atoms with Gasteiger partial charge in [0.2, 0.25) is 5.91 Å². The fourth-order valence-corrected chi connectivity index (χ4v) is 5.33. The molecule has 1 aliphatic rings. The van der Waals surface area contributed by atoms with Crippen LogP contribution in [-0.4, -0.2) is 75.0 Å². The van der Waals surface area contributed by atoms with Crippen LogP contribution in [0.3, 0.4) is 0 Å². The minimum absolute atomic E-state index is 0.0171. The lowest BCUT2D eigenvalue weighted by Crippen LogP contribution is -2.39. The summed E-state index contributed by atoms with van der Waals surface area (Å²) >= 11 is 0. The number of alkyl halides is 5. The number of benzene rings is 1. The molecule has 0 spiro atoms. The Balaban J connectivity index is 1.41. The number of hydrogen-bond donors (Lipinski definition) is 4. The van der Waals surface area contributed by atoms with Gasteiger partial charge in [-0.1, -0.05) is 6.92 Å². The van der Waals surface area contributed by atoms with E-state index in [0.29, 0.717) is 22.7 Å². The summed E-state index contributed by atoms with van der Waals surface area (Å²) < 4.78 is 74.3. The Hall–Kier alpha value is -5.13.